The number of carbonyl (C=O) groups excluding carboxylic acids is 1. The summed E-state index contributed by atoms with van der Waals surface area (Å²) in [6.07, 6.45) is 0. The lowest BCUT2D eigenvalue weighted by molar-refractivity contribution is 0.262. The Morgan fingerprint density at radius 3 is 2.40 bits per heavy atom. The molecule has 0 aromatic rings. The predicted molar refractivity (Wildman–Crippen MR) is 44.2 cm³/mol. The van der Waals surface area contributed by atoms with E-state index in [4.69, 9.17) is 0 Å². The number of thioether (sulfide) groups is 1. The van der Waals surface area contributed by atoms with Gasteiger partial charge in [-0.2, -0.15) is 0 Å². The summed E-state index contributed by atoms with van der Waals surface area (Å²) in [5.41, 5.74) is 0.240. The number of rotatable bonds is 0. The minimum atomic E-state index is 0.125. The zero-order valence-corrected chi connectivity index (χ0v) is 7.42. The Bertz CT molecular complexity index is 150. The first-order valence-electron chi connectivity index (χ1n) is 3.44. The van der Waals surface area contributed by atoms with Gasteiger partial charge in [-0.25, -0.2) is 0 Å². The van der Waals surface area contributed by atoms with Crippen molar-refractivity contribution >= 4 is 17.0 Å². The van der Waals surface area contributed by atoms with E-state index in [2.05, 4.69) is 26.1 Å². The van der Waals surface area contributed by atoms with Gasteiger partial charge in [0.05, 0.1) is 0 Å². The predicted octanol–water partition coefficient (Wildman–Crippen LogP) is 1.86. The molecule has 1 amide bonds. The second-order valence-electron chi connectivity index (χ2n) is 3.64. The fraction of sp³-hybridized carbons (Fsp3) is 0.857. The molecule has 0 radical (unpaired) electrons. The molecule has 2 nitrogen and oxygen atoms in total. The number of hydrogen-bond acceptors (Lipinski definition) is 2. The lowest BCUT2D eigenvalue weighted by Gasteiger charge is -2.23. The van der Waals surface area contributed by atoms with Gasteiger partial charge >= 0.3 is 0 Å². The molecule has 0 aromatic heterocycles. The normalized spacial score (nSPS) is 26.7. The van der Waals surface area contributed by atoms with Crippen LogP contribution in [0.25, 0.3) is 0 Å². The molecule has 1 unspecified atom stereocenters. The highest BCUT2D eigenvalue weighted by Gasteiger charge is 2.32. The lowest BCUT2D eigenvalue weighted by atomic mass is 9.92. The molecule has 1 N–H and O–H groups in total. The van der Waals surface area contributed by atoms with Crippen molar-refractivity contribution in [3.8, 4) is 0 Å². The topological polar surface area (TPSA) is 29.1 Å². The SMILES string of the molecule is CC(C)(C)C1CNC(=O)S1. The quantitative estimate of drug-likeness (QED) is 0.584. The van der Waals surface area contributed by atoms with Crippen molar-refractivity contribution in [1.82, 2.24) is 5.32 Å². The highest BCUT2D eigenvalue weighted by atomic mass is 32.2. The summed E-state index contributed by atoms with van der Waals surface area (Å²) < 4.78 is 0. The third kappa shape index (κ3) is 1.66. The number of amides is 1. The Morgan fingerprint density at radius 2 is 2.20 bits per heavy atom. The van der Waals surface area contributed by atoms with Crippen molar-refractivity contribution < 1.29 is 4.79 Å². The van der Waals surface area contributed by atoms with Gasteiger partial charge in [0.2, 0.25) is 0 Å². The summed E-state index contributed by atoms with van der Waals surface area (Å²) in [6.45, 7) is 7.30. The van der Waals surface area contributed by atoms with Gasteiger partial charge in [-0.05, 0) is 5.41 Å². The van der Waals surface area contributed by atoms with Gasteiger partial charge in [-0.15, -0.1) is 0 Å². The minimum Gasteiger partial charge on any atom is -0.346 e. The van der Waals surface area contributed by atoms with E-state index in [1.165, 1.54) is 11.8 Å². The van der Waals surface area contributed by atoms with Crippen LogP contribution >= 0.6 is 11.8 Å². The second kappa shape index (κ2) is 2.46. The summed E-state index contributed by atoms with van der Waals surface area (Å²) in [5, 5.41) is 3.37. The van der Waals surface area contributed by atoms with Crippen LogP contribution < -0.4 is 5.32 Å². The molecular formula is C7H13NOS. The third-order valence-corrected chi connectivity index (χ3v) is 3.16. The van der Waals surface area contributed by atoms with E-state index in [0.717, 1.165) is 6.54 Å². The van der Waals surface area contributed by atoms with Crippen LogP contribution in [0.1, 0.15) is 20.8 Å². The molecule has 0 saturated carbocycles. The van der Waals surface area contributed by atoms with Crippen molar-refractivity contribution in [1.29, 1.82) is 0 Å². The van der Waals surface area contributed by atoms with Crippen LogP contribution in [-0.4, -0.2) is 17.0 Å². The second-order valence-corrected chi connectivity index (χ2v) is 4.82. The van der Waals surface area contributed by atoms with E-state index >= 15 is 0 Å². The summed E-state index contributed by atoms with van der Waals surface area (Å²) in [6, 6.07) is 0. The van der Waals surface area contributed by atoms with E-state index < -0.39 is 0 Å². The third-order valence-electron chi connectivity index (χ3n) is 1.65. The molecule has 58 valence electrons. The number of hydrogen-bond donors (Lipinski definition) is 1. The van der Waals surface area contributed by atoms with Crippen molar-refractivity contribution in [3.05, 3.63) is 0 Å². The lowest BCUT2D eigenvalue weighted by Crippen LogP contribution is -2.26. The van der Waals surface area contributed by atoms with Crippen LogP contribution in [0.2, 0.25) is 0 Å². The van der Waals surface area contributed by atoms with Gasteiger partial charge in [-0.3, -0.25) is 4.79 Å². The average Bonchev–Trinajstić information content (AvgIpc) is 2.11. The molecule has 0 aromatic carbocycles. The van der Waals surface area contributed by atoms with Gasteiger partial charge in [0, 0.05) is 11.8 Å². The van der Waals surface area contributed by atoms with Gasteiger partial charge in [0.1, 0.15) is 0 Å². The fourth-order valence-corrected chi connectivity index (χ4v) is 1.82. The molecule has 10 heavy (non-hydrogen) atoms. The highest BCUT2D eigenvalue weighted by Crippen LogP contribution is 2.33. The molecule has 0 aliphatic carbocycles. The van der Waals surface area contributed by atoms with E-state index in [-0.39, 0.29) is 10.7 Å². The Kier molecular flexibility index (Phi) is 1.95. The van der Waals surface area contributed by atoms with E-state index in [1.54, 1.807) is 0 Å². The largest absolute Gasteiger partial charge is 0.346 e. The van der Waals surface area contributed by atoms with Crippen LogP contribution in [0, 0.1) is 5.41 Å². The molecule has 1 aliphatic heterocycles. The number of carbonyl (C=O) groups is 1. The van der Waals surface area contributed by atoms with Crippen LogP contribution in [0.15, 0.2) is 0 Å². The first-order valence-corrected chi connectivity index (χ1v) is 4.32. The van der Waals surface area contributed by atoms with Crippen molar-refractivity contribution in [2.24, 2.45) is 5.41 Å². The fourth-order valence-electron chi connectivity index (χ4n) is 0.872. The smallest absolute Gasteiger partial charge is 0.279 e. The van der Waals surface area contributed by atoms with Gasteiger partial charge in [0.25, 0.3) is 5.24 Å². The summed E-state index contributed by atoms with van der Waals surface area (Å²) in [4.78, 5) is 10.8. The van der Waals surface area contributed by atoms with Crippen molar-refractivity contribution in [3.63, 3.8) is 0 Å². The van der Waals surface area contributed by atoms with Gasteiger partial charge < -0.3 is 5.32 Å². The van der Waals surface area contributed by atoms with Crippen LogP contribution in [0.4, 0.5) is 4.79 Å². The first kappa shape index (κ1) is 7.92. The first-order chi connectivity index (χ1) is 4.50. The van der Waals surface area contributed by atoms with Crippen molar-refractivity contribution in [2.45, 2.75) is 26.0 Å². The summed E-state index contributed by atoms with van der Waals surface area (Å²) >= 11 is 1.42. The maximum absolute atomic E-state index is 10.8. The number of nitrogens with one attached hydrogen (secondary N) is 1. The Morgan fingerprint density at radius 1 is 1.60 bits per heavy atom. The molecular weight excluding hydrogens is 146 g/mol. The molecule has 1 fully saturated rings. The van der Waals surface area contributed by atoms with E-state index in [1.807, 2.05) is 0 Å². The Balaban J connectivity index is 2.53. The average molecular weight is 159 g/mol. The van der Waals surface area contributed by atoms with Gasteiger partial charge in [-0.1, -0.05) is 32.5 Å². The molecule has 0 bridgehead atoms. The van der Waals surface area contributed by atoms with Crippen LogP contribution in [0.5, 0.6) is 0 Å². The monoisotopic (exact) mass is 159 g/mol. The maximum atomic E-state index is 10.8. The zero-order valence-electron chi connectivity index (χ0n) is 6.60. The zero-order chi connectivity index (χ0) is 7.78. The Hall–Kier alpha value is -0.180. The van der Waals surface area contributed by atoms with E-state index in [9.17, 15) is 4.79 Å². The molecule has 1 atom stereocenters. The molecule has 1 heterocycles. The molecule has 0 spiro atoms. The molecule has 1 saturated heterocycles. The standard InChI is InChI=1S/C7H13NOS/c1-7(2,3)5-4-8-6(9)10-5/h5H,4H2,1-3H3,(H,8,9). The minimum absolute atomic E-state index is 0.125. The van der Waals surface area contributed by atoms with Crippen molar-refractivity contribution in [2.75, 3.05) is 6.54 Å². The molecule has 1 aliphatic rings. The van der Waals surface area contributed by atoms with Crippen LogP contribution in [-0.2, 0) is 0 Å². The Labute approximate surface area is 65.8 Å². The van der Waals surface area contributed by atoms with Crippen LogP contribution in [0.3, 0.4) is 0 Å². The highest BCUT2D eigenvalue weighted by molar-refractivity contribution is 8.14. The summed E-state index contributed by atoms with van der Waals surface area (Å²) in [5.74, 6) is 0. The summed E-state index contributed by atoms with van der Waals surface area (Å²) in [7, 11) is 0. The van der Waals surface area contributed by atoms with Gasteiger partial charge in [0.15, 0.2) is 0 Å². The molecule has 3 heteroatoms. The molecule has 1 rings (SSSR count). The maximum Gasteiger partial charge on any atom is 0.279 e. The van der Waals surface area contributed by atoms with E-state index in [0.29, 0.717) is 5.25 Å².